The van der Waals surface area contributed by atoms with Crippen molar-refractivity contribution in [3.63, 3.8) is 0 Å². The van der Waals surface area contributed by atoms with Gasteiger partial charge in [0.2, 0.25) is 0 Å². The van der Waals surface area contributed by atoms with Crippen LogP contribution in [0.5, 0.6) is 11.5 Å². The lowest BCUT2D eigenvalue weighted by molar-refractivity contribution is -0.00709. The van der Waals surface area contributed by atoms with Crippen LogP contribution >= 0.6 is 0 Å². The predicted molar refractivity (Wildman–Crippen MR) is 102 cm³/mol. The number of carbonyl (C=O) groups is 1. The number of hydrogen-bond donors (Lipinski definition) is 0. The summed E-state index contributed by atoms with van der Waals surface area (Å²) in [5.74, 6) is 1.58. The molecule has 2 saturated heterocycles. The number of amides is 1. The first-order chi connectivity index (χ1) is 12.9. The number of methoxy groups -OCH3 is 1. The number of carbonyl (C=O) groups excluding carboxylic acids is 1. The Morgan fingerprint density at radius 1 is 1.11 bits per heavy atom. The molecule has 27 heavy (non-hydrogen) atoms. The van der Waals surface area contributed by atoms with Crippen LogP contribution in [0.15, 0.2) is 24.3 Å². The molecule has 6 heteroatoms. The highest BCUT2D eigenvalue weighted by atomic mass is 16.6. The maximum Gasteiger partial charge on any atom is 0.410 e. The largest absolute Gasteiger partial charge is 0.491 e. The first-order valence-electron chi connectivity index (χ1n) is 9.75. The maximum absolute atomic E-state index is 12.5. The summed E-state index contributed by atoms with van der Waals surface area (Å²) < 4.78 is 22.5. The summed E-state index contributed by atoms with van der Waals surface area (Å²) in [5.41, 5.74) is -0.465. The minimum absolute atomic E-state index is 0.107. The Bertz CT molecular complexity index is 628. The standard InChI is InChI=1S/C21H31NO5/c1-21(2,3)27-20(23)22-15-8-9-16(22)13-19(12-15)26-18-7-5-6-17(14-18)25-11-10-24-4/h5-7,14-16,19H,8-13H2,1-4H3/t15-,16+,19?. The van der Waals surface area contributed by atoms with E-state index in [9.17, 15) is 4.79 Å². The Kier molecular flexibility index (Phi) is 6.15. The summed E-state index contributed by atoms with van der Waals surface area (Å²) in [6.07, 6.45) is 3.63. The minimum Gasteiger partial charge on any atom is -0.491 e. The average Bonchev–Trinajstić information content (AvgIpc) is 2.85. The number of nitrogens with zero attached hydrogens (tertiary/aromatic N) is 1. The highest BCUT2D eigenvalue weighted by molar-refractivity contribution is 5.69. The molecule has 1 aromatic rings. The Hall–Kier alpha value is -1.95. The van der Waals surface area contributed by atoms with Gasteiger partial charge in [0.1, 0.15) is 29.8 Å². The molecule has 2 heterocycles. The molecular formula is C21H31NO5. The first kappa shape index (κ1) is 19.8. The molecule has 0 spiro atoms. The lowest BCUT2D eigenvalue weighted by atomic mass is 10.00. The van der Waals surface area contributed by atoms with Crippen LogP contribution in [-0.2, 0) is 9.47 Å². The smallest absolute Gasteiger partial charge is 0.410 e. The van der Waals surface area contributed by atoms with Gasteiger partial charge in [-0.1, -0.05) is 6.07 Å². The average molecular weight is 377 g/mol. The van der Waals surface area contributed by atoms with E-state index in [4.69, 9.17) is 18.9 Å². The molecule has 3 rings (SSSR count). The van der Waals surface area contributed by atoms with Crippen molar-refractivity contribution in [3.05, 3.63) is 24.3 Å². The number of ether oxygens (including phenoxy) is 4. The normalized spacial score (nSPS) is 24.6. The van der Waals surface area contributed by atoms with Crippen LogP contribution < -0.4 is 9.47 Å². The molecule has 2 fully saturated rings. The van der Waals surface area contributed by atoms with Crippen LogP contribution in [0.25, 0.3) is 0 Å². The van der Waals surface area contributed by atoms with Gasteiger partial charge in [-0.25, -0.2) is 4.79 Å². The quantitative estimate of drug-likeness (QED) is 0.701. The van der Waals surface area contributed by atoms with E-state index in [1.165, 1.54) is 0 Å². The van der Waals surface area contributed by atoms with E-state index < -0.39 is 5.60 Å². The Morgan fingerprint density at radius 3 is 2.41 bits per heavy atom. The fourth-order valence-electron chi connectivity index (χ4n) is 3.91. The molecule has 1 aromatic carbocycles. The SMILES string of the molecule is COCCOc1cccc(OC2C[C@H]3CC[C@@H](C2)N3C(=O)OC(C)(C)C)c1. The second-order valence-corrected chi connectivity index (χ2v) is 8.30. The molecule has 3 atom stereocenters. The molecule has 150 valence electrons. The van der Waals surface area contributed by atoms with Crippen molar-refractivity contribution in [1.29, 1.82) is 0 Å². The summed E-state index contributed by atoms with van der Waals surface area (Å²) in [5, 5.41) is 0. The molecule has 2 aliphatic rings. The van der Waals surface area contributed by atoms with Crippen LogP contribution in [-0.4, -0.2) is 55.1 Å². The summed E-state index contributed by atoms with van der Waals surface area (Å²) in [6.45, 7) is 6.79. The minimum atomic E-state index is -0.465. The molecular weight excluding hydrogens is 346 g/mol. The van der Waals surface area contributed by atoms with Crippen molar-refractivity contribution in [2.24, 2.45) is 0 Å². The zero-order chi connectivity index (χ0) is 19.4. The van der Waals surface area contributed by atoms with Gasteiger partial charge < -0.3 is 23.8 Å². The summed E-state index contributed by atoms with van der Waals surface area (Å²) in [7, 11) is 1.65. The lowest BCUT2D eigenvalue weighted by Crippen LogP contribution is -2.50. The van der Waals surface area contributed by atoms with Crippen LogP contribution in [0.1, 0.15) is 46.5 Å². The van der Waals surface area contributed by atoms with Crippen LogP contribution in [0.2, 0.25) is 0 Å². The van der Waals surface area contributed by atoms with Gasteiger partial charge in [-0.15, -0.1) is 0 Å². The second-order valence-electron chi connectivity index (χ2n) is 8.30. The molecule has 6 nitrogen and oxygen atoms in total. The van der Waals surface area contributed by atoms with Gasteiger partial charge in [-0.05, 0) is 45.7 Å². The predicted octanol–water partition coefficient (Wildman–Crippen LogP) is 4.02. The van der Waals surface area contributed by atoms with Gasteiger partial charge in [0.15, 0.2) is 0 Å². The number of piperidine rings is 1. The summed E-state index contributed by atoms with van der Waals surface area (Å²) >= 11 is 0. The van der Waals surface area contributed by atoms with Gasteiger partial charge in [-0.2, -0.15) is 0 Å². The molecule has 2 bridgehead atoms. The van der Waals surface area contributed by atoms with E-state index in [2.05, 4.69) is 0 Å². The highest BCUT2D eigenvalue weighted by Gasteiger charge is 2.45. The number of hydrogen-bond acceptors (Lipinski definition) is 5. The number of benzene rings is 1. The van der Waals surface area contributed by atoms with E-state index in [0.29, 0.717) is 13.2 Å². The van der Waals surface area contributed by atoms with Crippen molar-refractivity contribution in [1.82, 2.24) is 4.90 Å². The molecule has 0 radical (unpaired) electrons. The van der Waals surface area contributed by atoms with Gasteiger partial charge in [0, 0.05) is 38.1 Å². The van der Waals surface area contributed by atoms with Crippen molar-refractivity contribution in [2.45, 2.75) is 70.2 Å². The van der Waals surface area contributed by atoms with Crippen molar-refractivity contribution in [2.75, 3.05) is 20.3 Å². The van der Waals surface area contributed by atoms with Gasteiger partial charge in [0.05, 0.1) is 6.61 Å². The fourth-order valence-corrected chi connectivity index (χ4v) is 3.91. The van der Waals surface area contributed by atoms with E-state index in [-0.39, 0.29) is 24.3 Å². The van der Waals surface area contributed by atoms with E-state index >= 15 is 0 Å². The van der Waals surface area contributed by atoms with Gasteiger partial charge in [0.25, 0.3) is 0 Å². The third-order valence-corrected chi connectivity index (χ3v) is 4.96. The molecule has 0 aromatic heterocycles. The summed E-state index contributed by atoms with van der Waals surface area (Å²) in [6, 6.07) is 8.11. The molecule has 2 aliphatic heterocycles. The van der Waals surface area contributed by atoms with Crippen molar-refractivity contribution in [3.8, 4) is 11.5 Å². The zero-order valence-electron chi connectivity index (χ0n) is 16.8. The fraction of sp³-hybridized carbons (Fsp3) is 0.667. The first-order valence-corrected chi connectivity index (χ1v) is 9.75. The van der Waals surface area contributed by atoms with Crippen LogP contribution in [0, 0.1) is 0 Å². The topological polar surface area (TPSA) is 57.2 Å². The molecule has 1 unspecified atom stereocenters. The van der Waals surface area contributed by atoms with Gasteiger partial charge in [-0.3, -0.25) is 0 Å². The Labute approximate surface area is 161 Å². The molecule has 0 N–H and O–H groups in total. The van der Waals surface area contributed by atoms with E-state index in [1.54, 1.807) is 7.11 Å². The molecule has 1 amide bonds. The second kappa shape index (κ2) is 8.38. The van der Waals surface area contributed by atoms with Gasteiger partial charge >= 0.3 is 6.09 Å². The summed E-state index contributed by atoms with van der Waals surface area (Å²) in [4.78, 5) is 14.5. The molecule has 0 aliphatic carbocycles. The zero-order valence-corrected chi connectivity index (χ0v) is 16.8. The van der Waals surface area contributed by atoms with Crippen molar-refractivity contribution >= 4 is 6.09 Å². The Morgan fingerprint density at radius 2 is 1.78 bits per heavy atom. The maximum atomic E-state index is 12.5. The highest BCUT2D eigenvalue weighted by Crippen LogP contribution is 2.38. The van der Waals surface area contributed by atoms with E-state index in [0.717, 1.165) is 37.2 Å². The number of fused-ring (bicyclic) bond motifs is 2. The van der Waals surface area contributed by atoms with Crippen LogP contribution in [0.4, 0.5) is 4.79 Å². The van der Waals surface area contributed by atoms with Crippen LogP contribution in [0.3, 0.4) is 0 Å². The third kappa shape index (κ3) is 5.28. The third-order valence-electron chi connectivity index (χ3n) is 4.96. The molecule has 0 saturated carbocycles. The Balaban J connectivity index is 1.57. The van der Waals surface area contributed by atoms with Crippen molar-refractivity contribution < 1.29 is 23.7 Å². The number of rotatable bonds is 6. The monoisotopic (exact) mass is 377 g/mol. The van der Waals surface area contributed by atoms with E-state index in [1.807, 2.05) is 49.9 Å². The lowest BCUT2D eigenvalue weighted by Gasteiger charge is -2.39.